The van der Waals surface area contributed by atoms with E-state index in [1.165, 1.54) is 6.20 Å². The predicted molar refractivity (Wildman–Crippen MR) is 50.9 cm³/mol. The van der Waals surface area contributed by atoms with Gasteiger partial charge in [-0.1, -0.05) is 0 Å². The number of hydrogen-bond acceptors (Lipinski definition) is 4. The van der Waals surface area contributed by atoms with Gasteiger partial charge in [0.25, 0.3) is 0 Å². The second kappa shape index (κ2) is 4.23. The molecule has 1 aromatic heterocycles. The molecule has 0 spiro atoms. The molecule has 0 bridgehead atoms. The second-order valence-corrected chi connectivity index (χ2v) is 3.36. The van der Waals surface area contributed by atoms with Gasteiger partial charge in [-0.25, -0.2) is 4.98 Å². The first-order valence-corrected chi connectivity index (χ1v) is 4.53. The zero-order valence-corrected chi connectivity index (χ0v) is 8.89. The third-order valence-corrected chi connectivity index (χ3v) is 2.38. The largest absolute Gasteiger partial charge is 0.573 e. The van der Waals surface area contributed by atoms with Crippen LogP contribution in [-0.4, -0.2) is 11.3 Å². The number of aromatic nitrogens is 1. The topological polar surface area (TPSA) is 74.2 Å². The van der Waals surface area contributed by atoms with Gasteiger partial charge in [-0.3, -0.25) is 0 Å². The van der Waals surface area contributed by atoms with Crippen molar-refractivity contribution in [2.75, 3.05) is 5.73 Å². The highest BCUT2D eigenvalue weighted by Crippen LogP contribution is 2.36. The van der Waals surface area contributed by atoms with Crippen LogP contribution >= 0.6 is 15.9 Å². The van der Waals surface area contributed by atoms with Gasteiger partial charge in [0.2, 0.25) is 0 Å². The molecule has 0 unspecified atom stereocenters. The van der Waals surface area contributed by atoms with Crippen LogP contribution < -0.4 is 16.2 Å². The van der Waals surface area contributed by atoms with Crippen molar-refractivity contribution in [1.82, 2.24) is 4.98 Å². The fourth-order valence-corrected chi connectivity index (χ4v) is 1.42. The summed E-state index contributed by atoms with van der Waals surface area (Å²) in [6, 6.07) is 0. The fraction of sp³-hybridized carbons (Fsp3) is 0.286. The minimum Gasteiger partial charge on any atom is -0.401 e. The zero-order valence-electron chi connectivity index (χ0n) is 7.31. The van der Waals surface area contributed by atoms with Crippen LogP contribution in [0.2, 0.25) is 0 Å². The maximum absolute atomic E-state index is 12.0. The third-order valence-electron chi connectivity index (χ3n) is 1.51. The number of alkyl halides is 3. The van der Waals surface area contributed by atoms with E-state index in [9.17, 15) is 13.2 Å². The number of nitrogens with zero attached hydrogens (tertiary/aromatic N) is 1. The van der Waals surface area contributed by atoms with E-state index in [2.05, 4.69) is 25.7 Å². The molecule has 0 saturated heterocycles. The maximum Gasteiger partial charge on any atom is 0.573 e. The normalized spacial score (nSPS) is 11.5. The number of nitrogen functional groups attached to an aromatic ring is 1. The van der Waals surface area contributed by atoms with Gasteiger partial charge >= 0.3 is 6.36 Å². The van der Waals surface area contributed by atoms with Crippen molar-refractivity contribution in [3.63, 3.8) is 0 Å². The van der Waals surface area contributed by atoms with E-state index in [-0.39, 0.29) is 16.8 Å². The van der Waals surface area contributed by atoms with E-state index < -0.39 is 12.1 Å². The van der Waals surface area contributed by atoms with Crippen molar-refractivity contribution in [2.24, 2.45) is 5.73 Å². The Labute approximate surface area is 91.5 Å². The highest BCUT2D eigenvalue weighted by atomic mass is 79.9. The van der Waals surface area contributed by atoms with Crippen LogP contribution in [0.25, 0.3) is 0 Å². The molecule has 4 nitrogen and oxygen atoms in total. The Bertz CT molecular complexity index is 369. The van der Waals surface area contributed by atoms with Gasteiger partial charge in [-0.15, -0.1) is 13.2 Å². The van der Waals surface area contributed by atoms with E-state index in [1.807, 2.05) is 0 Å². The van der Waals surface area contributed by atoms with Crippen molar-refractivity contribution < 1.29 is 17.9 Å². The molecule has 1 rings (SSSR count). The van der Waals surface area contributed by atoms with Gasteiger partial charge in [0.1, 0.15) is 0 Å². The van der Waals surface area contributed by atoms with Crippen molar-refractivity contribution in [2.45, 2.75) is 12.9 Å². The van der Waals surface area contributed by atoms with Crippen molar-refractivity contribution in [3.05, 3.63) is 16.2 Å². The van der Waals surface area contributed by atoms with Crippen LogP contribution in [0, 0.1) is 0 Å². The van der Waals surface area contributed by atoms with Gasteiger partial charge in [0, 0.05) is 18.3 Å². The average Bonchev–Trinajstić information content (AvgIpc) is 2.11. The van der Waals surface area contributed by atoms with Crippen molar-refractivity contribution >= 4 is 21.7 Å². The Kier molecular flexibility index (Phi) is 3.40. The summed E-state index contributed by atoms with van der Waals surface area (Å²) in [5.41, 5.74) is 10.9. The van der Waals surface area contributed by atoms with Crippen LogP contribution in [0.4, 0.5) is 19.0 Å². The monoisotopic (exact) mass is 285 g/mol. The van der Waals surface area contributed by atoms with Gasteiger partial charge < -0.3 is 16.2 Å². The van der Waals surface area contributed by atoms with Crippen LogP contribution in [0.5, 0.6) is 5.75 Å². The Morgan fingerprint density at radius 2 is 2.07 bits per heavy atom. The molecule has 0 atom stereocenters. The Hall–Kier alpha value is -1.02. The molecule has 0 fully saturated rings. The lowest BCUT2D eigenvalue weighted by molar-refractivity contribution is -0.274. The van der Waals surface area contributed by atoms with Crippen molar-refractivity contribution in [3.8, 4) is 5.75 Å². The number of rotatable bonds is 2. The quantitative estimate of drug-likeness (QED) is 0.869. The summed E-state index contributed by atoms with van der Waals surface area (Å²) in [7, 11) is 0. The Morgan fingerprint density at radius 1 is 1.47 bits per heavy atom. The fourth-order valence-electron chi connectivity index (χ4n) is 0.876. The molecular weight excluding hydrogens is 279 g/mol. The highest BCUT2D eigenvalue weighted by molar-refractivity contribution is 9.10. The van der Waals surface area contributed by atoms with E-state index in [0.717, 1.165) is 0 Å². The number of nitrogens with two attached hydrogens (primary N) is 2. The molecule has 15 heavy (non-hydrogen) atoms. The minimum absolute atomic E-state index is 0.0298. The summed E-state index contributed by atoms with van der Waals surface area (Å²) in [6.45, 7) is 0.0298. The number of pyridine rings is 1. The SMILES string of the molecule is NCc1cnc(N)c(OC(F)(F)F)c1Br. The predicted octanol–water partition coefficient (Wildman–Crippen LogP) is 1.78. The molecule has 8 heteroatoms. The molecule has 0 aliphatic rings. The number of ether oxygens (including phenoxy) is 1. The van der Waals surface area contributed by atoms with Crippen LogP contribution in [0.1, 0.15) is 5.56 Å². The lowest BCUT2D eigenvalue weighted by Gasteiger charge is -2.13. The minimum atomic E-state index is -4.81. The zero-order chi connectivity index (χ0) is 11.6. The van der Waals surface area contributed by atoms with Crippen LogP contribution in [0.15, 0.2) is 10.7 Å². The van der Waals surface area contributed by atoms with E-state index in [4.69, 9.17) is 11.5 Å². The average molecular weight is 286 g/mol. The lowest BCUT2D eigenvalue weighted by Crippen LogP contribution is -2.19. The maximum atomic E-state index is 12.0. The molecule has 1 aromatic rings. The van der Waals surface area contributed by atoms with E-state index in [1.54, 1.807) is 0 Å². The van der Waals surface area contributed by atoms with Gasteiger partial charge in [0.15, 0.2) is 11.6 Å². The van der Waals surface area contributed by atoms with E-state index >= 15 is 0 Å². The summed E-state index contributed by atoms with van der Waals surface area (Å²) in [5.74, 6) is -0.915. The first kappa shape index (κ1) is 12.1. The number of anilines is 1. The Morgan fingerprint density at radius 3 is 2.53 bits per heavy atom. The summed E-state index contributed by atoms with van der Waals surface area (Å²) in [6.07, 6.45) is -3.53. The van der Waals surface area contributed by atoms with Crippen LogP contribution in [0.3, 0.4) is 0 Å². The van der Waals surface area contributed by atoms with E-state index in [0.29, 0.717) is 5.56 Å². The molecule has 84 valence electrons. The Balaban J connectivity index is 3.15. The molecular formula is C7H7BrF3N3O. The molecule has 0 aliphatic heterocycles. The van der Waals surface area contributed by atoms with Gasteiger partial charge in [0.05, 0.1) is 4.47 Å². The summed E-state index contributed by atoms with van der Waals surface area (Å²) in [4.78, 5) is 3.54. The standard InChI is InChI=1S/C7H7BrF3N3O/c8-4-3(1-12)2-14-6(13)5(4)15-7(9,10)11/h2H,1,12H2,(H2,13,14). The summed E-state index contributed by atoms with van der Waals surface area (Å²) >= 11 is 2.92. The number of hydrogen-bond donors (Lipinski definition) is 2. The second-order valence-electron chi connectivity index (χ2n) is 2.56. The molecule has 1 heterocycles. The summed E-state index contributed by atoms with van der Waals surface area (Å²) < 4.78 is 39.7. The summed E-state index contributed by atoms with van der Waals surface area (Å²) in [5, 5.41) is 0. The van der Waals surface area contributed by atoms with Gasteiger partial charge in [-0.05, 0) is 15.9 Å². The number of halogens is 4. The van der Waals surface area contributed by atoms with Crippen molar-refractivity contribution in [1.29, 1.82) is 0 Å². The molecule has 4 N–H and O–H groups in total. The highest BCUT2D eigenvalue weighted by Gasteiger charge is 2.33. The van der Waals surface area contributed by atoms with Crippen LogP contribution in [-0.2, 0) is 6.54 Å². The molecule has 0 aromatic carbocycles. The van der Waals surface area contributed by atoms with Gasteiger partial charge in [-0.2, -0.15) is 0 Å². The third kappa shape index (κ3) is 2.96. The molecule has 0 saturated carbocycles. The first-order valence-electron chi connectivity index (χ1n) is 3.74. The smallest absolute Gasteiger partial charge is 0.401 e. The lowest BCUT2D eigenvalue weighted by atomic mass is 10.2. The molecule has 0 amide bonds. The first-order chi connectivity index (χ1) is 6.85. The molecule has 0 aliphatic carbocycles. The molecule has 0 radical (unpaired) electrons.